The number of imidazole rings is 1. The molecule has 0 spiro atoms. The second kappa shape index (κ2) is 9.59. The van der Waals surface area contributed by atoms with E-state index in [1.807, 2.05) is 44.2 Å². The van der Waals surface area contributed by atoms with Crippen molar-refractivity contribution in [3.63, 3.8) is 0 Å². The van der Waals surface area contributed by atoms with Crippen molar-refractivity contribution in [2.24, 2.45) is 5.92 Å². The van der Waals surface area contributed by atoms with Crippen LogP contribution in [0.2, 0.25) is 0 Å². The number of nitrogens with one attached hydrogen (secondary N) is 1. The van der Waals surface area contributed by atoms with Crippen LogP contribution in [0, 0.1) is 19.8 Å². The van der Waals surface area contributed by atoms with Crippen molar-refractivity contribution in [2.45, 2.75) is 47.1 Å². The minimum Gasteiger partial charge on any atom is -0.493 e. The van der Waals surface area contributed by atoms with Gasteiger partial charge in [0.1, 0.15) is 11.6 Å². The maximum Gasteiger partial charge on any atom is 0.222 e. The van der Waals surface area contributed by atoms with E-state index in [-0.39, 0.29) is 11.8 Å². The van der Waals surface area contributed by atoms with Gasteiger partial charge < -0.3 is 14.6 Å². The number of fused-ring (bicyclic) bond motifs is 1. The molecule has 1 aromatic heterocycles. The predicted octanol–water partition coefficient (Wildman–Crippen LogP) is 4.44. The van der Waals surface area contributed by atoms with Crippen molar-refractivity contribution in [2.75, 3.05) is 13.2 Å². The maximum atomic E-state index is 11.8. The average molecular weight is 394 g/mol. The van der Waals surface area contributed by atoms with Crippen LogP contribution in [0.15, 0.2) is 42.5 Å². The first-order valence-electron chi connectivity index (χ1n) is 10.4. The number of hydrogen-bond acceptors (Lipinski definition) is 3. The molecule has 1 amide bonds. The molecule has 0 saturated carbocycles. The van der Waals surface area contributed by atoms with E-state index in [1.54, 1.807) is 0 Å². The van der Waals surface area contributed by atoms with Crippen molar-refractivity contribution in [3.05, 3.63) is 59.4 Å². The molecule has 0 aliphatic carbocycles. The molecule has 154 valence electrons. The minimum atomic E-state index is -0.00366. The van der Waals surface area contributed by atoms with Crippen LogP contribution in [-0.2, 0) is 17.8 Å². The molecular weight excluding hydrogens is 362 g/mol. The van der Waals surface area contributed by atoms with Gasteiger partial charge in [0, 0.05) is 25.4 Å². The molecule has 3 rings (SSSR count). The highest BCUT2D eigenvalue weighted by molar-refractivity contribution is 5.78. The summed E-state index contributed by atoms with van der Waals surface area (Å²) in [6, 6.07) is 14.3. The number of benzene rings is 2. The molecule has 0 atom stereocenters. The minimum absolute atomic E-state index is 0.00366. The molecule has 0 radical (unpaired) electrons. The SMILES string of the molecule is Cc1cccc(OCCCn2c(CCNC(=O)C(C)C)nc3ccccc32)c1C. The van der Waals surface area contributed by atoms with Crippen LogP contribution < -0.4 is 10.1 Å². The van der Waals surface area contributed by atoms with Crippen LogP contribution in [0.3, 0.4) is 0 Å². The van der Waals surface area contributed by atoms with Gasteiger partial charge in [0.05, 0.1) is 17.6 Å². The fraction of sp³-hybridized carbons (Fsp3) is 0.417. The summed E-state index contributed by atoms with van der Waals surface area (Å²) in [6.45, 7) is 10.1. The lowest BCUT2D eigenvalue weighted by Crippen LogP contribution is -2.30. The van der Waals surface area contributed by atoms with Crippen molar-refractivity contribution >= 4 is 16.9 Å². The Morgan fingerprint density at radius 1 is 1.14 bits per heavy atom. The Morgan fingerprint density at radius 3 is 2.72 bits per heavy atom. The lowest BCUT2D eigenvalue weighted by atomic mass is 10.1. The number of ether oxygens (including phenoxy) is 1. The average Bonchev–Trinajstić information content (AvgIpc) is 3.05. The lowest BCUT2D eigenvalue weighted by molar-refractivity contribution is -0.123. The Bertz CT molecular complexity index is 975. The van der Waals surface area contributed by atoms with Crippen LogP contribution in [0.5, 0.6) is 5.75 Å². The molecule has 29 heavy (non-hydrogen) atoms. The van der Waals surface area contributed by atoms with Gasteiger partial charge in [-0.25, -0.2) is 4.98 Å². The first-order chi connectivity index (χ1) is 14.0. The number of para-hydroxylation sites is 2. The monoisotopic (exact) mass is 393 g/mol. The Hall–Kier alpha value is -2.82. The number of aryl methyl sites for hydroxylation is 2. The van der Waals surface area contributed by atoms with Gasteiger partial charge in [0.15, 0.2) is 0 Å². The van der Waals surface area contributed by atoms with Gasteiger partial charge in [-0.1, -0.05) is 38.1 Å². The van der Waals surface area contributed by atoms with Crippen molar-refractivity contribution < 1.29 is 9.53 Å². The maximum absolute atomic E-state index is 11.8. The molecule has 0 aliphatic heterocycles. The summed E-state index contributed by atoms with van der Waals surface area (Å²) in [6.07, 6.45) is 1.60. The van der Waals surface area contributed by atoms with E-state index in [9.17, 15) is 4.79 Å². The Kier molecular flexibility index (Phi) is 6.91. The van der Waals surface area contributed by atoms with Crippen molar-refractivity contribution in [1.29, 1.82) is 0 Å². The molecule has 0 bridgehead atoms. The van der Waals surface area contributed by atoms with Crippen LogP contribution in [0.25, 0.3) is 11.0 Å². The molecule has 3 aromatic rings. The van der Waals surface area contributed by atoms with E-state index < -0.39 is 0 Å². The fourth-order valence-electron chi connectivity index (χ4n) is 3.35. The number of amides is 1. The number of rotatable bonds is 9. The topological polar surface area (TPSA) is 56.1 Å². The number of nitrogens with zero attached hydrogens (tertiary/aromatic N) is 2. The third kappa shape index (κ3) is 5.17. The summed E-state index contributed by atoms with van der Waals surface area (Å²) in [5, 5.41) is 2.99. The highest BCUT2D eigenvalue weighted by Gasteiger charge is 2.12. The zero-order valence-electron chi connectivity index (χ0n) is 17.9. The van der Waals surface area contributed by atoms with Crippen LogP contribution in [0.4, 0.5) is 0 Å². The molecule has 1 N–H and O–H groups in total. The summed E-state index contributed by atoms with van der Waals surface area (Å²) in [7, 11) is 0. The van der Waals surface area contributed by atoms with E-state index >= 15 is 0 Å². The molecule has 0 saturated heterocycles. The predicted molar refractivity (Wildman–Crippen MR) is 117 cm³/mol. The van der Waals surface area contributed by atoms with E-state index in [1.165, 1.54) is 11.1 Å². The number of carbonyl (C=O) groups excluding carboxylic acids is 1. The Balaban J connectivity index is 1.64. The largest absolute Gasteiger partial charge is 0.493 e. The summed E-state index contributed by atoms with van der Waals surface area (Å²) in [4.78, 5) is 16.6. The molecule has 0 unspecified atom stereocenters. The summed E-state index contributed by atoms with van der Waals surface area (Å²) < 4.78 is 8.27. The van der Waals surface area contributed by atoms with Crippen LogP contribution in [0.1, 0.15) is 37.2 Å². The highest BCUT2D eigenvalue weighted by Crippen LogP contribution is 2.21. The molecule has 0 fully saturated rings. The van der Waals surface area contributed by atoms with Gasteiger partial charge in [0.2, 0.25) is 5.91 Å². The first kappa shape index (κ1) is 20.9. The number of carbonyl (C=O) groups is 1. The van der Waals surface area contributed by atoms with Crippen molar-refractivity contribution in [3.8, 4) is 5.75 Å². The third-order valence-electron chi connectivity index (χ3n) is 5.24. The quantitative estimate of drug-likeness (QED) is 0.547. The second-order valence-electron chi connectivity index (χ2n) is 7.76. The Labute approximate surface area is 173 Å². The normalized spacial score (nSPS) is 11.2. The van der Waals surface area contributed by atoms with E-state index in [0.717, 1.165) is 35.6 Å². The lowest BCUT2D eigenvalue weighted by Gasteiger charge is -2.13. The molecule has 5 nitrogen and oxygen atoms in total. The third-order valence-corrected chi connectivity index (χ3v) is 5.24. The molecular formula is C24H31N3O2. The highest BCUT2D eigenvalue weighted by atomic mass is 16.5. The first-order valence-corrected chi connectivity index (χ1v) is 10.4. The van der Waals surface area contributed by atoms with Crippen LogP contribution in [-0.4, -0.2) is 28.6 Å². The number of hydrogen-bond donors (Lipinski definition) is 1. The van der Waals surface area contributed by atoms with Gasteiger partial charge in [-0.2, -0.15) is 0 Å². The zero-order valence-corrected chi connectivity index (χ0v) is 17.9. The zero-order chi connectivity index (χ0) is 20.8. The smallest absolute Gasteiger partial charge is 0.222 e. The molecule has 2 aromatic carbocycles. The molecule has 0 aliphatic rings. The second-order valence-corrected chi connectivity index (χ2v) is 7.76. The van der Waals surface area contributed by atoms with Gasteiger partial charge in [0.25, 0.3) is 0 Å². The summed E-state index contributed by atoms with van der Waals surface area (Å²) in [5.41, 5.74) is 4.56. The van der Waals surface area contributed by atoms with E-state index in [0.29, 0.717) is 19.6 Å². The van der Waals surface area contributed by atoms with Gasteiger partial charge >= 0.3 is 0 Å². The standard InChI is InChI=1S/C24H31N3O2/c1-17(2)24(28)25-14-13-23-26-20-10-5-6-11-21(20)27(23)15-8-16-29-22-12-7-9-18(3)19(22)4/h5-7,9-12,17H,8,13-16H2,1-4H3,(H,25,28). The van der Waals surface area contributed by atoms with Crippen LogP contribution >= 0.6 is 0 Å². The fourth-order valence-corrected chi connectivity index (χ4v) is 3.35. The van der Waals surface area contributed by atoms with Gasteiger partial charge in [-0.15, -0.1) is 0 Å². The summed E-state index contributed by atoms with van der Waals surface area (Å²) in [5.74, 6) is 2.03. The van der Waals surface area contributed by atoms with E-state index in [4.69, 9.17) is 9.72 Å². The van der Waals surface area contributed by atoms with E-state index in [2.05, 4.69) is 35.9 Å². The van der Waals surface area contributed by atoms with Crippen molar-refractivity contribution in [1.82, 2.24) is 14.9 Å². The van der Waals surface area contributed by atoms with Gasteiger partial charge in [-0.05, 0) is 49.6 Å². The van der Waals surface area contributed by atoms with Gasteiger partial charge in [-0.3, -0.25) is 4.79 Å². The summed E-state index contributed by atoms with van der Waals surface area (Å²) >= 11 is 0. The number of aromatic nitrogens is 2. The Morgan fingerprint density at radius 2 is 1.93 bits per heavy atom. The molecule has 1 heterocycles. The molecule has 5 heteroatoms.